The molecule has 4 rings (SSSR count). The number of aromatic nitrogens is 1. The molecule has 1 N–H and O–H groups in total. The SMILES string of the molecule is CC1(C)C[C@@H]2CN(C(=O)c3cncc(O)c3)CC[C@@H]2N1c1ccc(F)cc1. The molecule has 2 fully saturated rings. The highest BCUT2D eigenvalue weighted by molar-refractivity contribution is 5.94. The Morgan fingerprint density at radius 3 is 2.70 bits per heavy atom. The molecule has 27 heavy (non-hydrogen) atoms. The van der Waals surface area contributed by atoms with Crippen molar-refractivity contribution in [3.05, 3.63) is 54.1 Å². The molecule has 0 unspecified atom stereocenters. The molecule has 2 atom stereocenters. The van der Waals surface area contributed by atoms with Crippen molar-refractivity contribution in [1.82, 2.24) is 9.88 Å². The minimum absolute atomic E-state index is 0.000204. The Morgan fingerprint density at radius 2 is 2.00 bits per heavy atom. The lowest BCUT2D eigenvalue weighted by atomic mass is 9.89. The second kappa shape index (κ2) is 6.51. The van der Waals surface area contributed by atoms with E-state index < -0.39 is 0 Å². The van der Waals surface area contributed by atoms with E-state index in [0.717, 1.165) is 18.5 Å². The average Bonchev–Trinajstić information content (AvgIpc) is 2.91. The van der Waals surface area contributed by atoms with Crippen molar-refractivity contribution in [2.75, 3.05) is 18.0 Å². The van der Waals surface area contributed by atoms with Gasteiger partial charge in [0.05, 0.1) is 11.8 Å². The zero-order valence-electron chi connectivity index (χ0n) is 15.6. The van der Waals surface area contributed by atoms with Crippen molar-refractivity contribution < 1.29 is 14.3 Å². The van der Waals surface area contributed by atoms with Crippen molar-refractivity contribution >= 4 is 11.6 Å². The third kappa shape index (κ3) is 3.24. The first-order valence-corrected chi connectivity index (χ1v) is 9.33. The molecule has 1 amide bonds. The molecule has 0 bridgehead atoms. The second-order valence-corrected chi connectivity index (χ2v) is 8.16. The number of aromatic hydroxyl groups is 1. The van der Waals surface area contributed by atoms with Crippen LogP contribution in [0.4, 0.5) is 10.1 Å². The van der Waals surface area contributed by atoms with Crippen molar-refractivity contribution in [1.29, 1.82) is 0 Å². The summed E-state index contributed by atoms with van der Waals surface area (Å²) in [6, 6.07) is 8.49. The first kappa shape index (κ1) is 17.8. The van der Waals surface area contributed by atoms with Crippen molar-refractivity contribution in [2.24, 2.45) is 5.92 Å². The first-order chi connectivity index (χ1) is 12.8. The van der Waals surface area contributed by atoms with Crippen LogP contribution in [0.3, 0.4) is 0 Å². The molecule has 2 aliphatic rings. The van der Waals surface area contributed by atoms with Gasteiger partial charge < -0.3 is 14.9 Å². The smallest absolute Gasteiger partial charge is 0.255 e. The summed E-state index contributed by atoms with van der Waals surface area (Å²) in [4.78, 5) is 21.0. The Hall–Kier alpha value is -2.63. The highest BCUT2D eigenvalue weighted by Gasteiger charge is 2.48. The van der Waals surface area contributed by atoms with Gasteiger partial charge in [0.2, 0.25) is 0 Å². The molecule has 142 valence electrons. The van der Waals surface area contributed by atoms with Gasteiger partial charge in [-0.25, -0.2) is 4.39 Å². The molecule has 2 aliphatic heterocycles. The van der Waals surface area contributed by atoms with E-state index >= 15 is 0 Å². The number of hydrogen-bond acceptors (Lipinski definition) is 4. The lowest BCUT2D eigenvalue weighted by molar-refractivity contribution is 0.0666. The van der Waals surface area contributed by atoms with Crippen LogP contribution in [0.25, 0.3) is 0 Å². The van der Waals surface area contributed by atoms with E-state index in [-0.39, 0.29) is 23.0 Å². The monoisotopic (exact) mass is 369 g/mol. The van der Waals surface area contributed by atoms with E-state index in [4.69, 9.17) is 0 Å². The van der Waals surface area contributed by atoms with Crippen LogP contribution in [0, 0.1) is 11.7 Å². The lowest BCUT2D eigenvalue weighted by Crippen LogP contribution is -2.50. The second-order valence-electron chi connectivity index (χ2n) is 8.16. The maximum atomic E-state index is 13.3. The third-order valence-electron chi connectivity index (χ3n) is 5.80. The fourth-order valence-corrected chi connectivity index (χ4v) is 4.80. The van der Waals surface area contributed by atoms with E-state index in [1.807, 2.05) is 17.0 Å². The molecule has 1 aromatic carbocycles. The third-order valence-corrected chi connectivity index (χ3v) is 5.80. The largest absolute Gasteiger partial charge is 0.506 e. The highest BCUT2D eigenvalue weighted by atomic mass is 19.1. The summed E-state index contributed by atoms with van der Waals surface area (Å²) in [6.07, 6.45) is 4.65. The molecule has 5 nitrogen and oxygen atoms in total. The van der Waals surface area contributed by atoms with Crippen LogP contribution in [0.1, 0.15) is 37.0 Å². The summed E-state index contributed by atoms with van der Waals surface area (Å²) in [7, 11) is 0. The number of nitrogens with zero attached hydrogens (tertiary/aromatic N) is 3. The van der Waals surface area contributed by atoms with Gasteiger partial charge >= 0.3 is 0 Å². The number of likely N-dealkylation sites (tertiary alicyclic amines) is 1. The van der Waals surface area contributed by atoms with Crippen molar-refractivity contribution in [3.8, 4) is 5.75 Å². The van der Waals surface area contributed by atoms with Gasteiger partial charge in [-0.2, -0.15) is 0 Å². The maximum absolute atomic E-state index is 13.3. The summed E-state index contributed by atoms with van der Waals surface area (Å²) in [5.74, 6) is 0.0376. The summed E-state index contributed by atoms with van der Waals surface area (Å²) in [5, 5.41) is 9.59. The van der Waals surface area contributed by atoms with Crippen LogP contribution in [0.5, 0.6) is 5.75 Å². The number of halogens is 1. The van der Waals surface area contributed by atoms with Crippen molar-refractivity contribution in [3.63, 3.8) is 0 Å². The number of pyridine rings is 1. The molecule has 1 aromatic heterocycles. The number of benzene rings is 1. The van der Waals surface area contributed by atoms with Crippen LogP contribution in [-0.4, -0.2) is 45.6 Å². The topological polar surface area (TPSA) is 56.7 Å². The Bertz CT molecular complexity index is 853. The van der Waals surface area contributed by atoms with Crippen LogP contribution in [-0.2, 0) is 0 Å². The summed E-state index contributed by atoms with van der Waals surface area (Å²) >= 11 is 0. The van der Waals surface area contributed by atoms with E-state index in [9.17, 15) is 14.3 Å². The van der Waals surface area contributed by atoms with Gasteiger partial charge in [0.1, 0.15) is 11.6 Å². The number of fused-ring (bicyclic) bond motifs is 1. The van der Waals surface area contributed by atoms with Gasteiger partial charge in [-0.15, -0.1) is 0 Å². The summed E-state index contributed by atoms with van der Waals surface area (Å²) in [5.41, 5.74) is 1.39. The molecule has 0 saturated carbocycles. The van der Waals surface area contributed by atoms with Gasteiger partial charge in [-0.05, 0) is 62.9 Å². The van der Waals surface area contributed by atoms with Gasteiger partial charge in [0.25, 0.3) is 5.91 Å². The fraction of sp³-hybridized carbons (Fsp3) is 0.429. The van der Waals surface area contributed by atoms with E-state index in [2.05, 4.69) is 23.7 Å². The number of amides is 1. The number of carbonyl (C=O) groups excluding carboxylic acids is 1. The molecule has 0 spiro atoms. The number of hydrogen-bond donors (Lipinski definition) is 1. The molecular formula is C21H24FN3O2. The maximum Gasteiger partial charge on any atom is 0.255 e. The molecule has 2 saturated heterocycles. The number of rotatable bonds is 2. The van der Waals surface area contributed by atoms with Crippen LogP contribution in [0.2, 0.25) is 0 Å². The molecular weight excluding hydrogens is 345 g/mol. The van der Waals surface area contributed by atoms with Gasteiger partial charge in [0, 0.05) is 36.6 Å². The molecule has 0 radical (unpaired) electrons. The number of carbonyl (C=O) groups is 1. The Balaban J connectivity index is 1.54. The fourth-order valence-electron chi connectivity index (χ4n) is 4.80. The van der Waals surface area contributed by atoms with Gasteiger partial charge in [-0.3, -0.25) is 9.78 Å². The summed E-state index contributed by atoms with van der Waals surface area (Å²) < 4.78 is 13.3. The molecule has 2 aromatic rings. The minimum atomic E-state index is -0.229. The zero-order chi connectivity index (χ0) is 19.2. The quantitative estimate of drug-likeness (QED) is 0.881. The average molecular weight is 369 g/mol. The van der Waals surface area contributed by atoms with E-state index in [1.54, 1.807) is 0 Å². The van der Waals surface area contributed by atoms with Crippen LogP contribution >= 0.6 is 0 Å². The lowest BCUT2D eigenvalue weighted by Gasteiger charge is -2.41. The number of anilines is 1. The number of piperidine rings is 1. The van der Waals surface area contributed by atoms with Crippen LogP contribution in [0.15, 0.2) is 42.7 Å². The predicted octanol–water partition coefficient (Wildman–Crippen LogP) is 3.45. The zero-order valence-corrected chi connectivity index (χ0v) is 15.6. The summed E-state index contributed by atoms with van der Waals surface area (Å²) in [6.45, 7) is 5.75. The van der Waals surface area contributed by atoms with Crippen molar-refractivity contribution in [2.45, 2.75) is 38.3 Å². The van der Waals surface area contributed by atoms with Gasteiger partial charge in [0.15, 0.2) is 0 Å². The van der Waals surface area contributed by atoms with E-state index in [0.29, 0.717) is 30.6 Å². The Kier molecular flexibility index (Phi) is 4.29. The Morgan fingerprint density at radius 1 is 1.26 bits per heavy atom. The predicted molar refractivity (Wildman–Crippen MR) is 101 cm³/mol. The molecule has 3 heterocycles. The normalized spacial score (nSPS) is 24.0. The highest BCUT2D eigenvalue weighted by Crippen LogP contribution is 2.44. The first-order valence-electron chi connectivity index (χ1n) is 9.33. The molecule has 6 heteroatoms. The van der Waals surface area contributed by atoms with Crippen LogP contribution < -0.4 is 4.90 Å². The Labute approximate surface area is 158 Å². The van der Waals surface area contributed by atoms with Gasteiger partial charge in [-0.1, -0.05) is 0 Å². The minimum Gasteiger partial charge on any atom is -0.506 e. The molecule has 0 aliphatic carbocycles. The van der Waals surface area contributed by atoms with E-state index in [1.165, 1.54) is 30.6 Å². The standard InChI is InChI=1S/C21H24FN3O2/c1-21(2)10-15-13-24(20(27)14-9-18(26)12-23-11-14)8-7-19(15)25(21)17-5-3-16(22)4-6-17/h3-6,9,11-12,15,19,26H,7-8,10,13H2,1-2H3/t15-,19+/m1/s1.